The van der Waals surface area contributed by atoms with Crippen molar-refractivity contribution >= 4 is 11.7 Å². The molecule has 1 N–H and O–H groups in total. The SMILES string of the molecule is CC(=O)Cc1ccc(OCC(=O)NCC(F)(F)F)cc1. The van der Waals surface area contributed by atoms with Crippen LogP contribution in [0.1, 0.15) is 12.5 Å². The van der Waals surface area contributed by atoms with Gasteiger partial charge in [0.25, 0.3) is 5.91 Å². The number of halogens is 3. The number of carbonyl (C=O) groups is 2. The molecule has 110 valence electrons. The molecule has 0 aliphatic carbocycles. The van der Waals surface area contributed by atoms with E-state index in [2.05, 4.69) is 0 Å². The Kier molecular flexibility index (Phi) is 5.54. The fourth-order valence-electron chi connectivity index (χ4n) is 1.39. The topological polar surface area (TPSA) is 55.4 Å². The van der Waals surface area contributed by atoms with Gasteiger partial charge in [-0.1, -0.05) is 12.1 Å². The standard InChI is InChI=1S/C13H14F3NO3/c1-9(18)6-10-2-4-11(5-3-10)20-7-12(19)17-8-13(14,15)16/h2-5H,6-8H2,1H3,(H,17,19). The van der Waals surface area contributed by atoms with Crippen LogP contribution in [0.3, 0.4) is 0 Å². The van der Waals surface area contributed by atoms with Gasteiger partial charge in [-0.2, -0.15) is 13.2 Å². The van der Waals surface area contributed by atoms with E-state index in [0.29, 0.717) is 12.2 Å². The second-order valence-electron chi connectivity index (χ2n) is 4.20. The highest BCUT2D eigenvalue weighted by Crippen LogP contribution is 2.13. The van der Waals surface area contributed by atoms with Crippen LogP contribution in [0.5, 0.6) is 5.75 Å². The summed E-state index contributed by atoms with van der Waals surface area (Å²) in [4.78, 5) is 22.0. The summed E-state index contributed by atoms with van der Waals surface area (Å²) in [5, 5.41) is 1.70. The maximum Gasteiger partial charge on any atom is 0.405 e. The molecular formula is C13H14F3NO3. The Balaban J connectivity index is 2.38. The van der Waals surface area contributed by atoms with Gasteiger partial charge in [0.05, 0.1) is 0 Å². The average Bonchev–Trinajstić information content (AvgIpc) is 2.34. The van der Waals surface area contributed by atoms with E-state index in [1.807, 2.05) is 0 Å². The summed E-state index contributed by atoms with van der Waals surface area (Å²) in [7, 11) is 0. The lowest BCUT2D eigenvalue weighted by Gasteiger charge is -2.09. The zero-order valence-electron chi connectivity index (χ0n) is 10.8. The molecule has 4 nitrogen and oxygen atoms in total. The molecule has 0 aliphatic heterocycles. The van der Waals surface area contributed by atoms with Crippen LogP contribution in [0.4, 0.5) is 13.2 Å². The van der Waals surface area contributed by atoms with E-state index in [-0.39, 0.29) is 5.78 Å². The number of ketones is 1. The molecule has 0 saturated heterocycles. The highest BCUT2D eigenvalue weighted by Gasteiger charge is 2.27. The third-order valence-corrected chi connectivity index (χ3v) is 2.23. The number of ether oxygens (including phenoxy) is 1. The molecule has 0 heterocycles. The first kappa shape index (κ1) is 16.0. The molecule has 0 aromatic heterocycles. The number of amides is 1. The summed E-state index contributed by atoms with van der Waals surface area (Å²) in [5.74, 6) is -0.486. The quantitative estimate of drug-likeness (QED) is 0.870. The normalized spacial score (nSPS) is 11.0. The Hall–Kier alpha value is -2.05. The number of Topliss-reactive ketones (excluding diaryl/α,β-unsaturated/α-hetero) is 1. The zero-order chi connectivity index (χ0) is 15.2. The van der Waals surface area contributed by atoms with Crippen LogP contribution < -0.4 is 10.1 Å². The lowest BCUT2D eigenvalue weighted by atomic mass is 10.1. The number of carbonyl (C=O) groups excluding carboxylic acids is 2. The minimum atomic E-state index is -4.44. The van der Waals surface area contributed by atoms with Gasteiger partial charge in [0, 0.05) is 6.42 Å². The van der Waals surface area contributed by atoms with Crippen LogP contribution in [0.2, 0.25) is 0 Å². The number of hydrogen-bond donors (Lipinski definition) is 1. The molecule has 0 aliphatic rings. The Morgan fingerprint density at radius 3 is 2.30 bits per heavy atom. The number of rotatable bonds is 6. The molecule has 0 atom stereocenters. The fraction of sp³-hybridized carbons (Fsp3) is 0.385. The molecular weight excluding hydrogens is 275 g/mol. The number of alkyl halides is 3. The average molecular weight is 289 g/mol. The van der Waals surface area contributed by atoms with Crippen LogP contribution in [-0.2, 0) is 16.0 Å². The molecule has 1 aromatic rings. The molecule has 0 unspecified atom stereocenters. The molecule has 1 rings (SSSR count). The van der Waals surface area contributed by atoms with Crippen molar-refractivity contribution in [2.45, 2.75) is 19.5 Å². The van der Waals surface area contributed by atoms with Gasteiger partial charge in [-0.25, -0.2) is 0 Å². The third kappa shape index (κ3) is 6.77. The molecule has 0 fully saturated rings. The summed E-state index contributed by atoms with van der Waals surface area (Å²) < 4.78 is 40.6. The predicted molar refractivity (Wildman–Crippen MR) is 65.4 cm³/mol. The fourth-order valence-corrected chi connectivity index (χ4v) is 1.39. The van der Waals surface area contributed by atoms with Gasteiger partial charge in [-0.15, -0.1) is 0 Å². The highest BCUT2D eigenvalue weighted by atomic mass is 19.4. The van der Waals surface area contributed by atoms with Gasteiger partial charge < -0.3 is 10.1 Å². The van der Waals surface area contributed by atoms with Crippen molar-refractivity contribution in [3.8, 4) is 5.75 Å². The second-order valence-corrected chi connectivity index (χ2v) is 4.20. The monoisotopic (exact) mass is 289 g/mol. The van der Waals surface area contributed by atoms with Gasteiger partial charge >= 0.3 is 6.18 Å². The van der Waals surface area contributed by atoms with E-state index in [1.54, 1.807) is 29.6 Å². The van der Waals surface area contributed by atoms with Crippen molar-refractivity contribution in [3.05, 3.63) is 29.8 Å². The summed E-state index contributed by atoms with van der Waals surface area (Å²) in [6, 6.07) is 6.42. The first-order chi connectivity index (χ1) is 9.26. The molecule has 7 heteroatoms. The number of hydrogen-bond acceptors (Lipinski definition) is 3. The lowest BCUT2D eigenvalue weighted by molar-refractivity contribution is -0.139. The highest BCUT2D eigenvalue weighted by molar-refractivity contribution is 5.78. The zero-order valence-corrected chi connectivity index (χ0v) is 10.8. The predicted octanol–water partition coefficient (Wildman–Crippen LogP) is 1.88. The van der Waals surface area contributed by atoms with Crippen molar-refractivity contribution in [3.63, 3.8) is 0 Å². The Morgan fingerprint density at radius 1 is 1.20 bits per heavy atom. The van der Waals surface area contributed by atoms with Crippen molar-refractivity contribution in [1.82, 2.24) is 5.32 Å². The van der Waals surface area contributed by atoms with E-state index in [9.17, 15) is 22.8 Å². The van der Waals surface area contributed by atoms with Gasteiger partial charge in [0.15, 0.2) is 6.61 Å². The van der Waals surface area contributed by atoms with E-state index in [1.165, 1.54) is 6.92 Å². The van der Waals surface area contributed by atoms with Crippen molar-refractivity contribution in [2.24, 2.45) is 0 Å². The first-order valence-electron chi connectivity index (χ1n) is 5.81. The second kappa shape index (κ2) is 6.93. The molecule has 0 spiro atoms. The molecule has 1 amide bonds. The Bertz CT molecular complexity index is 469. The molecule has 0 saturated carbocycles. The van der Waals surface area contributed by atoms with Crippen molar-refractivity contribution in [1.29, 1.82) is 0 Å². The number of nitrogens with one attached hydrogen (secondary N) is 1. The maximum atomic E-state index is 11.8. The van der Waals surface area contributed by atoms with Gasteiger partial charge in [-0.05, 0) is 24.6 Å². The van der Waals surface area contributed by atoms with Crippen LogP contribution in [0.15, 0.2) is 24.3 Å². The lowest BCUT2D eigenvalue weighted by Crippen LogP contribution is -2.36. The van der Waals surface area contributed by atoms with E-state index < -0.39 is 25.2 Å². The smallest absolute Gasteiger partial charge is 0.405 e. The third-order valence-electron chi connectivity index (χ3n) is 2.23. The number of benzene rings is 1. The molecule has 0 bridgehead atoms. The van der Waals surface area contributed by atoms with Crippen LogP contribution in [-0.4, -0.2) is 31.0 Å². The van der Waals surface area contributed by atoms with Gasteiger partial charge in [0.2, 0.25) is 0 Å². The minimum Gasteiger partial charge on any atom is -0.484 e. The Labute approximate surface area is 113 Å². The van der Waals surface area contributed by atoms with Gasteiger partial charge in [-0.3, -0.25) is 9.59 Å². The molecule has 0 radical (unpaired) electrons. The van der Waals surface area contributed by atoms with Gasteiger partial charge in [0.1, 0.15) is 18.1 Å². The Morgan fingerprint density at radius 2 is 1.80 bits per heavy atom. The van der Waals surface area contributed by atoms with Crippen LogP contribution >= 0.6 is 0 Å². The first-order valence-corrected chi connectivity index (χ1v) is 5.81. The summed E-state index contributed by atoms with van der Waals surface area (Å²) in [6.45, 7) is -0.412. The largest absolute Gasteiger partial charge is 0.484 e. The van der Waals surface area contributed by atoms with Crippen molar-refractivity contribution < 1.29 is 27.5 Å². The van der Waals surface area contributed by atoms with E-state index >= 15 is 0 Å². The van der Waals surface area contributed by atoms with Crippen LogP contribution in [0, 0.1) is 0 Å². The molecule has 1 aromatic carbocycles. The summed E-state index contributed by atoms with van der Waals surface area (Å²) in [6.07, 6.45) is -4.14. The molecule has 20 heavy (non-hydrogen) atoms. The summed E-state index contributed by atoms with van der Waals surface area (Å²) in [5.41, 5.74) is 0.798. The minimum absolute atomic E-state index is 0.0187. The van der Waals surface area contributed by atoms with E-state index in [4.69, 9.17) is 4.74 Å². The van der Waals surface area contributed by atoms with E-state index in [0.717, 1.165) is 5.56 Å². The summed E-state index contributed by atoms with van der Waals surface area (Å²) >= 11 is 0. The van der Waals surface area contributed by atoms with Crippen LogP contribution in [0.25, 0.3) is 0 Å². The van der Waals surface area contributed by atoms with Crippen molar-refractivity contribution in [2.75, 3.05) is 13.2 Å². The maximum absolute atomic E-state index is 11.8.